The molecule has 2 aromatic rings. The average Bonchev–Trinajstić information content (AvgIpc) is 2.88. The third-order valence-electron chi connectivity index (χ3n) is 5.36. The highest BCUT2D eigenvalue weighted by atomic mass is 35.5. The minimum Gasteiger partial charge on any atom is -0.383 e. The van der Waals surface area contributed by atoms with Crippen LogP contribution in [0, 0.1) is 0 Å². The fourth-order valence-corrected chi connectivity index (χ4v) is 3.89. The first-order valence-electron chi connectivity index (χ1n) is 11.6. The summed E-state index contributed by atoms with van der Waals surface area (Å²) in [4.78, 5) is 38.0. The Balaban J connectivity index is 0.000000205. The number of pyridine rings is 2. The van der Waals surface area contributed by atoms with Crippen LogP contribution in [0.2, 0.25) is 10.0 Å². The topological polar surface area (TPSA) is 88.1 Å². The van der Waals surface area contributed by atoms with Crippen LogP contribution in [0.1, 0.15) is 27.9 Å². The minimum absolute atomic E-state index is 0.0722. The number of anilines is 2. The minimum atomic E-state index is -0.157. The first-order chi connectivity index (χ1) is 17.2. The van der Waals surface area contributed by atoms with Gasteiger partial charge in [0.15, 0.2) is 5.78 Å². The van der Waals surface area contributed by atoms with Crippen LogP contribution < -0.4 is 9.80 Å². The van der Waals surface area contributed by atoms with Gasteiger partial charge in [-0.15, -0.1) is 0 Å². The zero-order chi connectivity index (χ0) is 26.1. The predicted molar refractivity (Wildman–Crippen MR) is 142 cm³/mol. The number of hydrogen-bond donors (Lipinski definition) is 0. The smallest absolute Gasteiger partial charge is 0.205 e. The van der Waals surface area contributed by atoms with E-state index in [4.69, 9.17) is 32.7 Å². The molecule has 4 rings (SSSR count). The quantitative estimate of drug-likeness (QED) is 0.406. The lowest BCUT2D eigenvalue weighted by Crippen LogP contribution is -2.36. The molecule has 194 valence electrons. The number of hydrogen-bond acceptors (Lipinski definition) is 9. The van der Waals surface area contributed by atoms with Gasteiger partial charge in [-0.05, 0) is 24.3 Å². The maximum absolute atomic E-state index is 12.1. The van der Waals surface area contributed by atoms with E-state index in [1.54, 1.807) is 35.4 Å². The molecule has 0 aromatic carbocycles. The third-order valence-corrected chi connectivity index (χ3v) is 5.80. The number of carbonyl (C=O) groups is 2. The van der Waals surface area contributed by atoms with E-state index >= 15 is 0 Å². The summed E-state index contributed by atoms with van der Waals surface area (Å²) < 4.78 is 10.6. The van der Waals surface area contributed by atoms with E-state index < -0.39 is 0 Å². The lowest BCUT2D eigenvalue weighted by molar-refractivity contribution is 0.101. The van der Waals surface area contributed by atoms with Crippen molar-refractivity contribution in [3.05, 3.63) is 58.0 Å². The Labute approximate surface area is 221 Å². The second kappa shape index (κ2) is 13.5. The highest BCUT2D eigenvalue weighted by Crippen LogP contribution is 2.21. The number of ether oxygens (including phenoxy) is 2. The van der Waals surface area contributed by atoms with E-state index in [1.807, 2.05) is 14.1 Å². The number of halogens is 2. The van der Waals surface area contributed by atoms with Gasteiger partial charge in [-0.25, -0.2) is 9.97 Å². The molecule has 2 aliphatic rings. The van der Waals surface area contributed by atoms with E-state index in [1.165, 1.54) is 13.0 Å². The van der Waals surface area contributed by atoms with Gasteiger partial charge in [-0.2, -0.15) is 0 Å². The second-order valence-corrected chi connectivity index (χ2v) is 9.33. The summed E-state index contributed by atoms with van der Waals surface area (Å²) in [5, 5.41) is 1.06. The molecule has 0 saturated carbocycles. The van der Waals surface area contributed by atoms with Crippen molar-refractivity contribution in [1.29, 1.82) is 0 Å². The Kier molecular flexibility index (Phi) is 10.5. The lowest BCUT2D eigenvalue weighted by atomic mass is 10.2. The molecule has 2 saturated heterocycles. The molecule has 2 aromatic heterocycles. The fraction of sp³-hybridized carbons (Fsp3) is 0.440. The second-order valence-electron chi connectivity index (χ2n) is 8.46. The van der Waals surface area contributed by atoms with Crippen molar-refractivity contribution in [2.24, 2.45) is 0 Å². The van der Waals surface area contributed by atoms with Gasteiger partial charge in [-0.1, -0.05) is 23.2 Å². The first-order valence-corrected chi connectivity index (χ1v) is 12.4. The monoisotopic (exact) mass is 535 g/mol. The summed E-state index contributed by atoms with van der Waals surface area (Å²) in [6.07, 6.45) is 3.18. The average molecular weight is 536 g/mol. The number of Topliss-reactive ketones (excluding diaryl/α,β-unsaturated/α-hetero) is 1. The van der Waals surface area contributed by atoms with Crippen LogP contribution >= 0.6 is 23.2 Å². The van der Waals surface area contributed by atoms with E-state index in [0.29, 0.717) is 47.9 Å². The number of rotatable bonds is 6. The molecule has 2 fully saturated rings. The molecule has 0 radical (unpaired) electrons. The van der Waals surface area contributed by atoms with Crippen molar-refractivity contribution in [3.8, 4) is 0 Å². The van der Waals surface area contributed by atoms with Crippen LogP contribution in [0.5, 0.6) is 0 Å². The molecule has 0 spiro atoms. The molecule has 0 amide bonds. The van der Waals surface area contributed by atoms with Gasteiger partial charge in [-0.3, -0.25) is 9.59 Å². The summed E-state index contributed by atoms with van der Waals surface area (Å²) in [6.45, 7) is 7.27. The van der Waals surface area contributed by atoms with Crippen molar-refractivity contribution in [3.63, 3.8) is 0 Å². The van der Waals surface area contributed by atoms with Crippen LogP contribution in [0.15, 0.2) is 36.5 Å². The molecule has 0 atom stereocenters. The van der Waals surface area contributed by atoms with Crippen molar-refractivity contribution in [2.45, 2.75) is 6.92 Å². The Morgan fingerprint density at radius 2 is 1.28 bits per heavy atom. The number of aromatic nitrogens is 2. The highest BCUT2D eigenvalue weighted by Gasteiger charge is 2.16. The van der Waals surface area contributed by atoms with Gasteiger partial charge in [0, 0.05) is 69.5 Å². The van der Waals surface area contributed by atoms with Gasteiger partial charge in [0.2, 0.25) is 5.78 Å². The summed E-state index contributed by atoms with van der Waals surface area (Å²) >= 11 is 12.1. The molecule has 11 heteroatoms. The zero-order valence-electron chi connectivity index (χ0n) is 20.7. The summed E-state index contributed by atoms with van der Waals surface area (Å²) in [5.41, 5.74) is 0.770. The molecule has 0 bridgehead atoms. The maximum atomic E-state index is 12.1. The molecule has 4 heterocycles. The van der Waals surface area contributed by atoms with Gasteiger partial charge in [0.05, 0.1) is 26.4 Å². The van der Waals surface area contributed by atoms with Crippen LogP contribution in [0.3, 0.4) is 0 Å². The van der Waals surface area contributed by atoms with Crippen molar-refractivity contribution in [1.82, 2.24) is 14.9 Å². The molecule has 2 aliphatic heterocycles. The molecular formula is C25H31Cl2N5O4. The van der Waals surface area contributed by atoms with Gasteiger partial charge >= 0.3 is 0 Å². The third kappa shape index (κ3) is 8.44. The van der Waals surface area contributed by atoms with Gasteiger partial charge in [0.1, 0.15) is 23.0 Å². The fourth-order valence-electron chi connectivity index (χ4n) is 3.48. The highest BCUT2D eigenvalue weighted by molar-refractivity contribution is 6.31. The Hall–Kier alpha value is -2.72. The van der Waals surface area contributed by atoms with Crippen LogP contribution in [0.25, 0.3) is 0 Å². The van der Waals surface area contributed by atoms with Crippen LogP contribution in [-0.2, 0) is 9.47 Å². The maximum Gasteiger partial charge on any atom is 0.205 e. The first kappa shape index (κ1) is 27.9. The SMILES string of the molecule is CC(=O)c1cc(Cl)cc(N2CCOCC2)n1.CN(C)/C=C/C(=O)c1cc(Cl)cc(N2CCOCC2)n1. The molecular weight excluding hydrogens is 505 g/mol. The Bertz CT molecular complexity index is 1080. The van der Waals surface area contributed by atoms with Gasteiger partial charge in [0.25, 0.3) is 0 Å². The van der Waals surface area contributed by atoms with Crippen molar-refractivity contribution in [2.75, 3.05) is 76.5 Å². The number of carbonyl (C=O) groups excluding carboxylic acids is 2. The van der Waals surface area contributed by atoms with Crippen molar-refractivity contribution < 1.29 is 19.1 Å². The van der Waals surface area contributed by atoms with E-state index in [-0.39, 0.29) is 11.6 Å². The molecule has 36 heavy (non-hydrogen) atoms. The van der Waals surface area contributed by atoms with Crippen LogP contribution in [-0.4, -0.2) is 93.1 Å². The number of nitrogens with zero attached hydrogens (tertiary/aromatic N) is 5. The predicted octanol–water partition coefficient (Wildman–Crippen LogP) is 3.60. The van der Waals surface area contributed by atoms with Crippen molar-refractivity contribution >= 4 is 46.4 Å². The Morgan fingerprint density at radius 1 is 0.833 bits per heavy atom. The molecule has 0 aliphatic carbocycles. The number of allylic oxidation sites excluding steroid dienone is 1. The normalized spacial score (nSPS) is 15.9. The summed E-state index contributed by atoms with van der Waals surface area (Å²) in [6, 6.07) is 6.74. The molecule has 9 nitrogen and oxygen atoms in total. The molecule has 0 N–H and O–H groups in total. The van der Waals surface area contributed by atoms with E-state index in [2.05, 4.69) is 19.8 Å². The Morgan fingerprint density at radius 3 is 1.72 bits per heavy atom. The standard InChI is InChI=1S/C14H18ClN3O2.C11H13ClN2O2/c1-17(2)4-3-13(19)12-9-11(15)10-14(16-12)18-5-7-20-8-6-18;1-8(15)10-6-9(12)7-11(13-10)14-2-4-16-5-3-14/h3-4,9-10H,5-8H2,1-2H3;6-7H,2-5H2,1H3/b4-3+;. The molecule has 0 unspecified atom stereocenters. The largest absolute Gasteiger partial charge is 0.383 e. The van der Waals surface area contributed by atoms with Crippen LogP contribution in [0.4, 0.5) is 11.6 Å². The van der Waals surface area contributed by atoms with E-state index in [9.17, 15) is 9.59 Å². The lowest BCUT2D eigenvalue weighted by Gasteiger charge is -2.28. The zero-order valence-corrected chi connectivity index (χ0v) is 22.3. The summed E-state index contributed by atoms with van der Waals surface area (Å²) in [5.74, 6) is 1.25. The van der Waals surface area contributed by atoms with E-state index in [0.717, 1.165) is 37.8 Å². The summed E-state index contributed by atoms with van der Waals surface area (Å²) in [7, 11) is 3.71. The van der Waals surface area contributed by atoms with Gasteiger partial charge < -0.3 is 24.2 Å². The number of morpholine rings is 2. The number of ketones is 2.